The van der Waals surface area contributed by atoms with Crippen molar-refractivity contribution in [2.45, 2.75) is 37.9 Å². The van der Waals surface area contributed by atoms with Crippen LogP contribution in [0.4, 0.5) is 18.9 Å². The lowest BCUT2D eigenvalue weighted by Crippen LogP contribution is -2.40. The molecular formula is C14H17F3N2O. The first-order chi connectivity index (χ1) is 9.36. The predicted octanol–water partition coefficient (Wildman–Crippen LogP) is 3.12. The van der Waals surface area contributed by atoms with E-state index in [4.69, 9.17) is 5.73 Å². The third-order valence-electron chi connectivity index (χ3n) is 3.70. The normalized spacial score (nSPS) is 23.4. The Morgan fingerprint density at radius 1 is 1.10 bits per heavy atom. The topological polar surface area (TPSA) is 55.1 Å². The molecule has 0 atom stereocenters. The largest absolute Gasteiger partial charge is 0.399 e. The minimum absolute atomic E-state index is 0.0795. The van der Waals surface area contributed by atoms with E-state index in [0.29, 0.717) is 24.1 Å². The molecular weight excluding hydrogens is 269 g/mol. The van der Waals surface area contributed by atoms with Gasteiger partial charge in [0.1, 0.15) is 0 Å². The van der Waals surface area contributed by atoms with Crippen LogP contribution in [0.25, 0.3) is 0 Å². The fourth-order valence-electron chi connectivity index (χ4n) is 2.47. The van der Waals surface area contributed by atoms with Crippen LogP contribution in [0.5, 0.6) is 0 Å². The fraction of sp³-hybridized carbons (Fsp3) is 0.500. The van der Waals surface area contributed by atoms with Gasteiger partial charge in [0.05, 0.1) is 5.92 Å². The summed E-state index contributed by atoms with van der Waals surface area (Å²) in [6.07, 6.45) is -3.23. The number of carbonyl (C=O) groups excluding carboxylic acids is 1. The van der Waals surface area contributed by atoms with Gasteiger partial charge >= 0.3 is 6.18 Å². The molecule has 0 bridgehead atoms. The third-order valence-corrected chi connectivity index (χ3v) is 3.70. The zero-order valence-corrected chi connectivity index (χ0v) is 10.9. The molecule has 110 valence electrons. The molecule has 1 aliphatic rings. The van der Waals surface area contributed by atoms with Crippen molar-refractivity contribution < 1.29 is 18.0 Å². The molecule has 1 amide bonds. The lowest BCUT2D eigenvalue weighted by atomic mass is 9.85. The second-order valence-electron chi connectivity index (χ2n) is 5.19. The second kappa shape index (κ2) is 5.73. The Bertz CT molecular complexity index is 462. The van der Waals surface area contributed by atoms with Gasteiger partial charge in [-0.15, -0.1) is 0 Å². The first-order valence-corrected chi connectivity index (χ1v) is 6.59. The monoisotopic (exact) mass is 286 g/mol. The Morgan fingerprint density at radius 2 is 1.65 bits per heavy atom. The van der Waals surface area contributed by atoms with Crippen LogP contribution in [-0.4, -0.2) is 18.1 Å². The molecule has 6 heteroatoms. The number of amides is 1. The molecule has 2 rings (SSSR count). The molecule has 20 heavy (non-hydrogen) atoms. The number of halogens is 3. The van der Waals surface area contributed by atoms with Gasteiger partial charge in [-0.2, -0.15) is 13.2 Å². The molecule has 3 nitrogen and oxygen atoms in total. The van der Waals surface area contributed by atoms with Crippen LogP contribution in [0.2, 0.25) is 0 Å². The van der Waals surface area contributed by atoms with Crippen molar-refractivity contribution in [2.24, 2.45) is 5.92 Å². The van der Waals surface area contributed by atoms with Gasteiger partial charge in [0.25, 0.3) is 5.91 Å². The summed E-state index contributed by atoms with van der Waals surface area (Å²) in [5.74, 6) is -1.49. The van der Waals surface area contributed by atoms with E-state index in [1.807, 2.05) is 0 Å². The molecule has 0 heterocycles. The van der Waals surface area contributed by atoms with Gasteiger partial charge in [-0.3, -0.25) is 4.79 Å². The molecule has 0 spiro atoms. The van der Waals surface area contributed by atoms with E-state index in [1.54, 1.807) is 24.3 Å². The predicted molar refractivity (Wildman–Crippen MR) is 70.1 cm³/mol. The molecule has 1 saturated carbocycles. The molecule has 0 radical (unpaired) electrons. The number of nitrogens with two attached hydrogens (primary N) is 1. The summed E-state index contributed by atoms with van der Waals surface area (Å²) in [4.78, 5) is 11.9. The lowest BCUT2D eigenvalue weighted by molar-refractivity contribution is -0.182. The van der Waals surface area contributed by atoms with E-state index in [0.717, 1.165) is 0 Å². The number of benzene rings is 1. The Labute approximate surface area is 115 Å². The molecule has 0 aliphatic heterocycles. The van der Waals surface area contributed by atoms with E-state index >= 15 is 0 Å². The van der Waals surface area contributed by atoms with Crippen molar-refractivity contribution >= 4 is 11.6 Å². The molecule has 0 saturated heterocycles. The summed E-state index contributed by atoms with van der Waals surface area (Å²) >= 11 is 0. The van der Waals surface area contributed by atoms with Gasteiger partial charge in [0, 0.05) is 17.3 Å². The summed E-state index contributed by atoms with van der Waals surface area (Å²) in [5.41, 5.74) is 6.56. The number of hydrogen-bond acceptors (Lipinski definition) is 2. The van der Waals surface area contributed by atoms with Gasteiger partial charge in [0.15, 0.2) is 0 Å². The molecule has 1 aliphatic carbocycles. The molecule has 0 unspecified atom stereocenters. The van der Waals surface area contributed by atoms with E-state index < -0.39 is 12.1 Å². The minimum atomic E-state index is -4.12. The third kappa shape index (κ3) is 3.65. The summed E-state index contributed by atoms with van der Waals surface area (Å²) in [7, 11) is 0. The van der Waals surface area contributed by atoms with Crippen molar-refractivity contribution in [1.29, 1.82) is 0 Å². The van der Waals surface area contributed by atoms with Crippen molar-refractivity contribution in [3.05, 3.63) is 29.8 Å². The zero-order chi connectivity index (χ0) is 14.8. The summed E-state index contributed by atoms with van der Waals surface area (Å²) in [5, 5.41) is 2.78. The summed E-state index contributed by atoms with van der Waals surface area (Å²) in [6, 6.07) is 6.27. The van der Waals surface area contributed by atoms with Crippen LogP contribution in [-0.2, 0) is 0 Å². The van der Waals surface area contributed by atoms with Crippen LogP contribution in [0, 0.1) is 5.92 Å². The van der Waals surface area contributed by atoms with Crippen LogP contribution < -0.4 is 11.1 Å². The molecule has 1 aromatic carbocycles. The van der Waals surface area contributed by atoms with E-state index in [9.17, 15) is 18.0 Å². The number of hydrogen-bond donors (Lipinski definition) is 2. The number of anilines is 1. The number of carbonyl (C=O) groups is 1. The average molecular weight is 286 g/mol. The van der Waals surface area contributed by atoms with Crippen LogP contribution >= 0.6 is 0 Å². The minimum Gasteiger partial charge on any atom is -0.399 e. The lowest BCUT2D eigenvalue weighted by Gasteiger charge is -2.30. The number of alkyl halides is 3. The quantitative estimate of drug-likeness (QED) is 0.821. The Morgan fingerprint density at radius 3 is 2.15 bits per heavy atom. The fourth-order valence-corrected chi connectivity index (χ4v) is 2.47. The maximum absolute atomic E-state index is 12.5. The van der Waals surface area contributed by atoms with E-state index in [2.05, 4.69) is 5.32 Å². The number of rotatable bonds is 2. The molecule has 1 aromatic rings. The standard InChI is InChI=1S/C14H17F3N2O/c15-14(16,17)10-3-7-12(8-4-10)19-13(20)9-1-5-11(18)6-2-9/h1-2,5-6,10,12H,3-4,7-8,18H2,(H,19,20). The number of nitrogen functional groups attached to an aromatic ring is 1. The first-order valence-electron chi connectivity index (χ1n) is 6.59. The second-order valence-corrected chi connectivity index (χ2v) is 5.19. The highest BCUT2D eigenvalue weighted by atomic mass is 19.4. The van der Waals surface area contributed by atoms with Crippen molar-refractivity contribution in [3.8, 4) is 0 Å². The number of nitrogens with one attached hydrogen (secondary N) is 1. The highest BCUT2D eigenvalue weighted by Gasteiger charge is 2.41. The summed E-state index contributed by atoms with van der Waals surface area (Å²) in [6.45, 7) is 0. The van der Waals surface area contributed by atoms with Gasteiger partial charge in [-0.05, 0) is 49.9 Å². The zero-order valence-electron chi connectivity index (χ0n) is 10.9. The van der Waals surface area contributed by atoms with Crippen molar-refractivity contribution in [1.82, 2.24) is 5.32 Å². The Balaban J connectivity index is 1.86. The van der Waals surface area contributed by atoms with Crippen LogP contribution in [0.15, 0.2) is 24.3 Å². The maximum Gasteiger partial charge on any atom is 0.391 e. The Kier molecular flexibility index (Phi) is 4.20. The van der Waals surface area contributed by atoms with Gasteiger partial charge < -0.3 is 11.1 Å². The summed E-state index contributed by atoms with van der Waals surface area (Å²) < 4.78 is 37.6. The van der Waals surface area contributed by atoms with Crippen molar-refractivity contribution in [2.75, 3.05) is 5.73 Å². The van der Waals surface area contributed by atoms with E-state index in [1.165, 1.54) is 0 Å². The average Bonchev–Trinajstić information content (AvgIpc) is 2.39. The van der Waals surface area contributed by atoms with Gasteiger partial charge in [-0.1, -0.05) is 0 Å². The van der Waals surface area contributed by atoms with E-state index in [-0.39, 0.29) is 24.8 Å². The first kappa shape index (κ1) is 14.7. The molecule has 1 fully saturated rings. The smallest absolute Gasteiger partial charge is 0.391 e. The van der Waals surface area contributed by atoms with Crippen LogP contribution in [0.1, 0.15) is 36.0 Å². The Hall–Kier alpha value is -1.72. The molecule has 3 N–H and O–H groups in total. The maximum atomic E-state index is 12.5. The van der Waals surface area contributed by atoms with Gasteiger partial charge in [-0.25, -0.2) is 0 Å². The van der Waals surface area contributed by atoms with Crippen molar-refractivity contribution in [3.63, 3.8) is 0 Å². The van der Waals surface area contributed by atoms with Crippen LogP contribution in [0.3, 0.4) is 0 Å². The highest BCUT2D eigenvalue weighted by Crippen LogP contribution is 2.37. The molecule has 0 aromatic heterocycles. The highest BCUT2D eigenvalue weighted by molar-refractivity contribution is 5.94. The SMILES string of the molecule is Nc1ccc(C(=O)NC2CCC(C(F)(F)F)CC2)cc1. The van der Waals surface area contributed by atoms with Gasteiger partial charge in [0.2, 0.25) is 0 Å².